The Hall–Kier alpha value is -2.42. The zero-order chi connectivity index (χ0) is 18.0. The van der Waals surface area contributed by atoms with Gasteiger partial charge in [-0.3, -0.25) is 23.6 Å². The zero-order valence-electron chi connectivity index (χ0n) is 14.2. The normalized spacial score (nSPS) is 12.0. The molecule has 0 aliphatic heterocycles. The van der Waals surface area contributed by atoms with Crippen LogP contribution in [0.3, 0.4) is 0 Å². The van der Waals surface area contributed by atoms with Gasteiger partial charge in [0.1, 0.15) is 6.54 Å². The maximum absolute atomic E-state index is 12.2. The number of carbonyl (C=O) groups is 2. The van der Waals surface area contributed by atoms with Crippen LogP contribution in [-0.2, 0) is 27.9 Å². The van der Waals surface area contributed by atoms with Crippen molar-refractivity contribution in [3.8, 4) is 0 Å². The Labute approximate surface area is 143 Å². The summed E-state index contributed by atoms with van der Waals surface area (Å²) in [7, 11) is 1.78. The molecule has 0 aliphatic rings. The fourth-order valence-corrected chi connectivity index (χ4v) is 2.93. The molecule has 1 N–H and O–H groups in total. The lowest BCUT2D eigenvalue weighted by Crippen LogP contribution is -2.32. The number of hydrogen-bond donors (Lipinski definition) is 1. The number of hydrogen-bond acceptors (Lipinski definition) is 6. The van der Waals surface area contributed by atoms with Gasteiger partial charge in [0.2, 0.25) is 0 Å². The van der Waals surface area contributed by atoms with Crippen LogP contribution in [0.2, 0.25) is 0 Å². The van der Waals surface area contributed by atoms with Gasteiger partial charge in [0, 0.05) is 18.1 Å². The number of nitrogens with one attached hydrogen (secondary N) is 1. The number of ether oxygens (including phenoxy) is 1. The first kappa shape index (κ1) is 17.9. The number of carbonyl (C=O) groups excluding carboxylic acids is 2. The van der Waals surface area contributed by atoms with Crippen LogP contribution in [0.5, 0.6) is 0 Å². The van der Waals surface area contributed by atoms with Gasteiger partial charge in [0.05, 0.1) is 17.1 Å². The second-order valence-electron chi connectivity index (χ2n) is 5.52. The third kappa shape index (κ3) is 3.73. The van der Waals surface area contributed by atoms with Crippen LogP contribution in [0.4, 0.5) is 5.69 Å². The third-order valence-electron chi connectivity index (χ3n) is 3.70. The van der Waals surface area contributed by atoms with Gasteiger partial charge in [-0.1, -0.05) is 11.3 Å². The van der Waals surface area contributed by atoms with E-state index in [1.807, 2.05) is 6.92 Å². The maximum atomic E-state index is 12.2. The van der Waals surface area contributed by atoms with E-state index in [1.165, 1.54) is 11.5 Å². The van der Waals surface area contributed by atoms with E-state index in [1.54, 1.807) is 31.0 Å². The largest absolute Gasteiger partial charge is 0.451 e. The SMILES string of the molecule is Cc1nn(C)c(C)c1NC(=O)[C@@H](C)OC(=O)Cn1c(C)csc1=O. The van der Waals surface area contributed by atoms with Gasteiger partial charge >= 0.3 is 10.8 Å². The minimum absolute atomic E-state index is 0.212. The quantitative estimate of drug-likeness (QED) is 0.814. The van der Waals surface area contributed by atoms with Crippen molar-refractivity contribution in [1.82, 2.24) is 14.3 Å². The molecule has 0 radical (unpaired) electrons. The molecular formula is C15H20N4O4S. The topological polar surface area (TPSA) is 95.2 Å². The summed E-state index contributed by atoms with van der Waals surface area (Å²) in [5.41, 5.74) is 2.78. The molecule has 24 heavy (non-hydrogen) atoms. The zero-order valence-corrected chi connectivity index (χ0v) is 15.1. The lowest BCUT2D eigenvalue weighted by atomic mass is 10.3. The van der Waals surface area contributed by atoms with Gasteiger partial charge in [0.15, 0.2) is 6.10 Å². The lowest BCUT2D eigenvalue weighted by molar-refractivity contribution is -0.153. The fraction of sp³-hybridized carbons (Fsp3) is 0.467. The number of thiazole rings is 1. The molecule has 2 aromatic heterocycles. The van der Waals surface area contributed by atoms with Crippen LogP contribution in [-0.4, -0.2) is 32.3 Å². The molecule has 0 aromatic carbocycles. The molecule has 1 amide bonds. The van der Waals surface area contributed by atoms with Gasteiger partial charge in [-0.15, -0.1) is 0 Å². The molecule has 8 nitrogen and oxygen atoms in total. The van der Waals surface area contributed by atoms with E-state index in [9.17, 15) is 14.4 Å². The molecule has 1 atom stereocenters. The van der Waals surface area contributed by atoms with E-state index < -0.39 is 18.0 Å². The summed E-state index contributed by atoms with van der Waals surface area (Å²) in [5.74, 6) is -1.09. The highest BCUT2D eigenvalue weighted by molar-refractivity contribution is 7.07. The highest BCUT2D eigenvalue weighted by Crippen LogP contribution is 2.18. The number of rotatable bonds is 5. The summed E-state index contributed by atoms with van der Waals surface area (Å²) in [6.07, 6.45) is -0.980. The van der Waals surface area contributed by atoms with Crippen molar-refractivity contribution in [3.63, 3.8) is 0 Å². The molecule has 0 bridgehead atoms. The number of anilines is 1. The Kier molecular flexibility index (Phi) is 5.23. The Morgan fingerprint density at radius 1 is 1.38 bits per heavy atom. The standard InChI is InChI=1S/C15H20N4O4S/c1-8-7-24-15(22)19(8)6-12(20)23-11(4)14(21)16-13-9(2)17-18(5)10(13)3/h7,11H,6H2,1-5H3,(H,16,21)/t11-/m1/s1. The van der Waals surface area contributed by atoms with E-state index in [2.05, 4.69) is 10.4 Å². The third-order valence-corrected chi connectivity index (χ3v) is 4.58. The molecular weight excluding hydrogens is 332 g/mol. The van der Waals surface area contributed by atoms with E-state index in [0.717, 1.165) is 17.0 Å². The van der Waals surface area contributed by atoms with E-state index in [4.69, 9.17) is 4.74 Å². The lowest BCUT2D eigenvalue weighted by Gasteiger charge is -2.14. The van der Waals surface area contributed by atoms with Crippen molar-refractivity contribution in [2.75, 3.05) is 5.32 Å². The van der Waals surface area contributed by atoms with Gasteiger partial charge in [-0.2, -0.15) is 5.10 Å². The molecule has 9 heteroatoms. The second-order valence-corrected chi connectivity index (χ2v) is 6.34. The van der Waals surface area contributed by atoms with E-state index in [0.29, 0.717) is 17.1 Å². The minimum atomic E-state index is -0.980. The number of nitrogens with zero attached hydrogens (tertiary/aromatic N) is 3. The molecule has 0 unspecified atom stereocenters. The Balaban J connectivity index is 1.98. The first-order valence-corrected chi connectivity index (χ1v) is 8.24. The van der Waals surface area contributed by atoms with Crippen LogP contribution in [0, 0.1) is 20.8 Å². The van der Waals surface area contributed by atoms with E-state index >= 15 is 0 Å². The predicted molar refractivity (Wildman–Crippen MR) is 90.2 cm³/mol. The number of esters is 1. The minimum Gasteiger partial charge on any atom is -0.451 e. The predicted octanol–water partition coefficient (Wildman–Crippen LogP) is 1.14. The maximum Gasteiger partial charge on any atom is 0.326 e. The van der Waals surface area contributed by atoms with Gasteiger partial charge in [-0.05, 0) is 27.7 Å². The van der Waals surface area contributed by atoms with Crippen molar-refractivity contribution >= 4 is 28.9 Å². The number of amides is 1. The van der Waals surface area contributed by atoms with Crippen LogP contribution < -0.4 is 10.2 Å². The van der Waals surface area contributed by atoms with Crippen LogP contribution in [0.15, 0.2) is 10.2 Å². The molecule has 0 saturated carbocycles. The smallest absolute Gasteiger partial charge is 0.326 e. The van der Waals surface area contributed by atoms with Gasteiger partial charge in [0.25, 0.3) is 5.91 Å². The summed E-state index contributed by atoms with van der Waals surface area (Å²) < 4.78 is 8.09. The van der Waals surface area contributed by atoms with Crippen molar-refractivity contribution in [2.45, 2.75) is 40.3 Å². The molecule has 0 saturated heterocycles. The number of aromatic nitrogens is 3. The average molecular weight is 352 g/mol. The molecule has 2 aromatic rings. The van der Waals surface area contributed by atoms with Gasteiger partial charge in [-0.25, -0.2) is 0 Å². The number of aryl methyl sites for hydroxylation is 3. The van der Waals surface area contributed by atoms with E-state index in [-0.39, 0.29) is 11.4 Å². The Bertz CT molecular complexity index is 833. The molecule has 130 valence electrons. The summed E-state index contributed by atoms with van der Waals surface area (Å²) in [5, 5.41) is 8.60. The van der Waals surface area contributed by atoms with Crippen LogP contribution in [0.25, 0.3) is 0 Å². The molecule has 0 aliphatic carbocycles. The Morgan fingerprint density at radius 2 is 2.04 bits per heavy atom. The summed E-state index contributed by atoms with van der Waals surface area (Å²) >= 11 is 1.02. The fourth-order valence-electron chi connectivity index (χ4n) is 2.19. The van der Waals surface area contributed by atoms with Crippen LogP contribution >= 0.6 is 11.3 Å². The van der Waals surface area contributed by atoms with Crippen molar-refractivity contribution < 1.29 is 14.3 Å². The first-order chi connectivity index (χ1) is 11.2. The molecule has 0 fully saturated rings. The highest BCUT2D eigenvalue weighted by atomic mass is 32.1. The summed E-state index contributed by atoms with van der Waals surface area (Å²) in [6, 6.07) is 0. The average Bonchev–Trinajstić information content (AvgIpc) is 2.94. The van der Waals surface area contributed by atoms with Crippen LogP contribution in [0.1, 0.15) is 24.0 Å². The molecule has 2 rings (SSSR count). The summed E-state index contributed by atoms with van der Waals surface area (Å²) in [6.45, 7) is 6.62. The highest BCUT2D eigenvalue weighted by Gasteiger charge is 2.21. The Morgan fingerprint density at radius 3 is 2.54 bits per heavy atom. The first-order valence-electron chi connectivity index (χ1n) is 7.36. The molecule has 2 heterocycles. The molecule has 0 spiro atoms. The van der Waals surface area contributed by atoms with Gasteiger partial charge < -0.3 is 10.1 Å². The van der Waals surface area contributed by atoms with Crippen molar-refractivity contribution in [3.05, 3.63) is 32.1 Å². The monoisotopic (exact) mass is 352 g/mol. The second kappa shape index (κ2) is 7.00. The van der Waals surface area contributed by atoms with Crippen molar-refractivity contribution in [1.29, 1.82) is 0 Å². The van der Waals surface area contributed by atoms with Crippen molar-refractivity contribution in [2.24, 2.45) is 7.05 Å². The summed E-state index contributed by atoms with van der Waals surface area (Å²) in [4.78, 5) is 35.5.